The first-order valence-electron chi connectivity index (χ1n) is 7.39. The van der Waals surface area contributed by atoms with Crippen LogP contribution in [0.4, 0.5) is 0 Å². The van der Waals surface area contributed by atoms with Crippen LogP contribution in [0.15, 0.2) is 60.7 Å². The molecule has 2 N–H and O–H groups in total. The van der Waals surface area contributed by atoms with Crippen LogP contribution in [0, 0.1) is 0 Å². The molecule has 0 saturated carbocycles. The van der Waals surface area contributed by atoms with Crippen molar-refractivity contribution in [2.24, 2.45) is 0 Å². The third kappa shape index (κ3) is 3.04. The van der Waals surface area contributed by atoms with Gasteiger partial charge < -0.3 is 19.7 Å². The van der Waals surface area contributed by atoms with Crippen LogP contribution in [0.5, 0.6) is 0 Å². The second-order valence-corrected chi connectivity index (χ2v) is 5.47. The van der Waals surface area contributed by atoms with Gasteiger partial charge in [-0.2, -0.15) is 0 Å². The van der Waals surface area contributed by atoms with E-state index in [1.807, 2.05) is 12.1 Å². The zero-order chi connectivity index (χ0) is 16.3. The van der Waals surface area contributed by atoms with Gasteiger partial charge in [0.2, 0.25) is 0 Å². The number of rotatable bonds is 4. The van der Waals surface area contributed by atoms with Crippen molar-refractivity contribution in [2.45, 2.75) is 18.0 Å². The molecule has 2 aromatic rings. The summed E-state index contributed by atoms with van der Waals surface area (Å²) in [5, 5.41) is 22.1. The summed E-state index contributed by atoms with van der Waals surface area (Å²) in [6.07, 6.45) is -2.47. The molecule has 0 amide bonds. The van der Waals surface area contributed by atoms with Crippen molar-refractivity contribution in [3.8, 4) is 0 Å². The summed E-state index contributed by atoms with van der Waals surface area (Å²) >= 11 is 0. The zero-order valence-corrected chi connectivity index (χ0v) is 12.5. The van der Waals surface area contributed by atoms with Crippen LogP contribution in [-0.2, 0) is 19.9 Å². The number of aliphatic hydroxyl groups excluding tert-OH is 1. The van der Waals surface area contributed by atoms with Gasteiger partial charge in [-0.3, -0.25) is 4.79 Å². The van der Waals surface area contributed by atoms with Crippen LogP contribution in [-0.4, -0.2) is 41.6 Å². The van der Waals surface area contributed by atoms with E-state index >= 15 is 0 Å². The lowest BCUT2D eigenvalue weighted by Crippen LogP contribution is -2.52. The highest BCUT2D eigenvalue weighted by Gasteiger charge is 2.45. The molecule has 0 aromatic heterocycles. The first kappa shape index (κ1) is 15.8. The van der Waals surface area contributed by atoms with E-state index in [1.54, 1.807) is 48.5 Å². The minimum atomic E-state index is -1.71. The van der Waals surface area contributed by atoms with Gasteiger partial charge in [-0.25, -0.2) is 0 Å². The lowest BCUT2D eigenvalue weighted by Gasteiger charge is -2.38. The lowest BCUT2D eigenvalue weighted by molar-refractivity contribution is -0.246. The van der Waals surface area contributed by atoms with E-state index in [4.69, 9.17) is 9.47 Å². The Hall–Kier alpha value is -2.05. The Bertz CT molecular complexity index is 606. The SMILES string of the molecule is O=C1COC([C@H](O)C(O)(c2ccccc2)c2ccccc2)OC1. The third-order valence-electron chi connectivity index (χ3n) is 3.93. The van der Waals surface area contributed by atoms with Crippen LogP contribution >= 0.6 is 0 Å². The normalized spacial score (nSPS) is 17.9. The average molecular weight is 314 g/mol. The number of carbonyl (C=O) groups excluding carboxylic acids is 1. The van der Waals surface area contributed by atoms with Crippen molar-refractivity contribution in [1.29, 1.82) is 0 Å². The molecular formula is C18H18O5. The van der Waals surface area contributed by atoms with Gasteiger partial charge in [0, 0.05) is 0 Å². The van der Waals surface area contributed by atoms with Crippen LogP contribution in [0.25, 0.3) is 0 Å². The maximum Gasteiger partial charge on any atom is 0.188 e. The maximum atomic E-state index is 11.3. The van der Waals surface area contributed by atoms with E-state index in [-0.39, 0.29) is 19.0 Å². The average Bonchev–Trinajstić information content (AvgIpc) is 2.62. The standard InChI is InChI=1S/C18H18O5/c19-15-11-22-17(23-12-15)16(20)18(21,13-7-3-1-4-8-13)14-9-5-2-6-10-14/h1-10,16-17,20-21H,11-12H2/t16-/m0/s1. The Morgan fingerprint density at radius 2 is 1.35 bits per heavy atom. The van der Waals surface area contributed by atoms with E-state index in [0.29, 0.717) is 11.1 Å². The molecular weight excluding hydrogens is 296 g/mol. The van der Waals surface area contributed by atoms with E-state index < -0.39 is 18.0 Å². The molecule has 0 aliphatic carbocycles. The van der Waals surface area contributed by atoms with Gasteiger partial charge in [0.05, 0.1) is 0 Å². The Morgan fingerprint density at radius 1 is 0.913 bits per heavy atom. The summed E-state index contributed by atoms with van der Waals surface area (Å²) in [6.45, 7) is -0.275. The predicted octanol–water partition coefficient (Wildman–Crippen LogP) is 1.23. The number of hydrogen-bond acceptors (Lipinski definition) is 5. The van der Waals surface area contributed by atoms with E-state index in [9.17, 15) is 15.0 Å². The Labute approximate surface area is 134 Å². The van der Waals surface area contributed by atoms with Gasteiger partial charge >= 0.3 is 0 Å². The maximum absolute atomic E-state index is 11.3. The number of benzene rings is 2. The Kier molecular flexibility index (Phi) is 4.54. The quantitative estimate of drug-likeness (QED) is 0.887. The molecule has 1 fully saturated rings. The monoisotopic (exact) mass is 314 g/mol. The summed E-state index contributed by atoms with van der Waals surface area (Å²) in [4.78, 5) is 11.2. The van der Waals surface area contributed by atoms with Crippen molar-refractivity contribution in [2.75, 3.05) is 13.2 Å². The summed E-state index contributed by atoms with van der Waals surface area (Å²) < 4.78 is 10.5. The second-order valence-electron chi connectivity index (χ2n) is 5.47. The van der Waals surface area contributed by atoms with E-state index in [1.165, 1.54) is 0 Å². The molecule has 2 aromatic carbocycles. The fraction of sp³-hybridized carbons (Fsp3) is 0.278. The predicted molar refractivity (Wildman–Crippen MR) is 82.6 cm³/mol. The second kappa shape index (κ2) is 6.60. The largest absolute Gasteiger partial charge is 0.384 e. The highest BCUT2D eigenvalue weighted by molar-refractivity contribution is 5.81. The Morgan fingerprint density at radius 3 is 1.78 bits per heavy atom. The van der Waals surface area contributed by atoms with Gasteiger partial charge in [0.1, 0.15) is 24.9 Å². The molecule has 0 radical (unpaired) electrons. The topological polar surface area (TPSA) is 76.0 Å². The molecule has 120 valence electrons. The number of ketones is 1. The van der Waals surface area contributed by atoms with Crippen LogP contribution in [0.1, 0.15) is 11.1 Å². The highest BCUT2D eigenvalue weighted by Crippen LogP contribution is 2.35. The summed E-state index contributed by atoms with van der Waals surface area (Å²) in [7, 11) is 0. The first-order chi connectivity index (χ1) is 11.1. The van der Waals surface area contributed by atoms with Gasteiger partial charge in [0.15, 0.2) is 12.1 Å². The van der Waals surface area contributed by atoms with Gasteiger partial charge in [-0.05, 0) is 11.1 Å². The molecule has 1 aliphatic heterocycles. The Balaban J connectivity index is 2.00. The number of aliphatic hydroxyl groups is 2. The van der Waals surface area contributed by atoms with E-state index in [2.05, 4.69) is 0 Å². The van der Waals surface area contributed by atoms with Crippen molar-refractivity contribution < 1.29 is 24.5 Å². The molecule has 23 heavy (non-hydrogen) atoms. The van der Waals surface area contributed by atoms with Gasteiger partial charge in [-0.1, -0.05) is 60.7 Å². The summed E-state index contributed by atoms with van der Waals surface area (Å²) in [6, 6.07) is 17.7. The number of ether oxygens (including phenoxy) is 2. The molecule has 1 heterocycles. The van der Waals surface area contributed by atoms with Crippen LogP contribution < -0.4 is 0 Å². The van der Waals surface area contributed by atoms with Crippen molar-refractivity contribution >= 4 is 5.78 Å². The molecule has 1 aliphatic rings. The minimum Gasteiger partial charge on any atom is -0.384 e. The molecule has 1 atom stereocenters. The number of carbonyl (C=O) groups is 1. The molecule has 3 rings (SSSR count). The lowest BCUT2D eigenvalue weighted by atomic mass is 9.81. The molecule has 0 unspecified atom stereocenters. The first-order valence-corrected chi connectivity index (χ1v) is 7.39. The van der Waals surface area contributed by atoms with Gasteiger partial charge in [0.25, 0.3) is 0 Å². The summed E-state index contributed by atoms with van der Waals surface area (Å²) in [5.41, 5.74) is -0.682. The van der Waals surface area contributed by atoms with E-state index in [0.717, 1.165) is 0 Å². The number of Topliss-reactive ketones (excluding diaryl/α,β-unsaturated/α-hetero) is 1. The summed E-state index contributed by atoms with van der Waals surface area (Å²) in [5.74, 6) is -0.198. The molecule has 1 saturated heterocycles. The highest BCUT2D eigenvalue weighted by atomic mass is 16.7. The van der Waals surface area contributed by atoms with Crippen molar-refractivity contribution in [1.82, 2.24) is 0 Å². The van der Waals surface area contributed by atoms with Gasteiger partial charge in [-0.15, -0.1) is 0 Å². The third-order valence-corrected chi connectivity index (χ3v) is 3.93. The fourth-order valence-electron chi connectivity index (χ4n) is 2.71. The smallest absolute Gasteiger partial charge is 0.188 e. The minimum absolute atomic E-state index is 0.138. The van der Waals surface area contributed by atoms with Crippen molar-refractivity contribution in [3.05, 3.63) is 71.8 Å². The number of hydrogen-bond donors (Lipinski definition) is 2. The fourth-order valence-corrected chi connectivity index (χ4v) is 2.71. The molecule has 0 bridgehead atoms. The zero-order valence-electron chi connectivity index (χ0n) is 12.5. The molecule has 5 nitrogen and oxygen atoms in total. The molecule has 5 heteroatoms. The van der Waals surface area contributed by atoms with Crippen LogP contribution in [0.3, 0.4) is 0 Å². The van der Waals surface area contributed by atoms with Crippen LogP contribution in [0.2, 0.25) is 0 Å². The van der Waals surface area contributed by atoms with Crippen molar-refractivity contribution in [3.63, 3.8) is 0 Å². The molecule has 0 spiro atoms.